The molecule has 0 unspecified atom stereocenters. The van der Waals surface area contributed by atoms with Gasteiger partial charge in [-0.3, -0.25) is 0 Å². The van der Waals surface area contributed by atoms with Crippen LogP contribution in [0.3, 0.4) is 0 Å². The topological polar surface area (TPSA) is 38.0 Å². The van der Waals surface area contributed by atoms with Gasteiger partial charge in [0.25, 0.3) is 0 Å². The molecule has 0 fully saturated rings. The molecule has 0 aliphatic carbocycles. The molecule has 0 aromatic heterocycles. The second-order valence-electron chi connectivity index (χ2n) is 4.36. The Labute approximate surface area is 96.6 Å². The Morgan fingerprint density at radius 3 is 2.60 bits per heavy atom. The number of benzene rings is 1. The van der Waals surface area contributed by atoms with E-state index >= 15 is 0 Å². The summed E-state index contributed by atoms with van der Waals surface area (Å²) in [4.78, 5) is 0. The largest absolute Gasteiger partial charge is 0.397 e. The van der Waals surface area contributed by atoms with Gasteiger partial charge in [-0.2, -0.15) is 11.8 Å². The molecular weight excluding hydrogens is 204 g/mol. The summed E-state index contributed by atoms with van der Waals surface area (Å²) < 4.78 is 0.231. The zero-order valence-electron chi connectivity index (χ0n) is 9.92. The van der Waals surface area contributed by atoms with Crippen molar-refractivity contribution in [2.24, 2.45) is 0 Å². The number of thioether (sulfide) groups is 1. The van der Waals surface area contributed by atoms with Crippen LogP contribution in [-0.2, 0) is 0 Å². The standard InChI is InChI=1S/C12H20N2S/c1-9-6-5-7-10(13)11(9)14-8-12(2,3)15-4/h5-7,14H,8,13H2,1-4H3. The summed E-state index contributed by atoms with van der Waals surface area (Å²) in [5.41, 5.74) is 9.02. The van der Waals surface area contributed by atoms with Gasteiger partial charge in [-0.15, -0.1) is 0 Å². The smallest absolute Gasteiger partial charge is 0.0604 e. The van der Waals surface area contributed by atoms with E-state index in [1.807, 2.05) is 23.9 Å². The van der Waals surface area contributed by atoms with Crippen molar-refractivity contribution in [1.29, 1.82) is 0 Å². The maximum Gasteiger partial charge on any atom is 0.0604 e. The first kappa shape index (κ1) is 12.2. The summed E-state index contributed by atoms with van der Waals surface area (Å²) in [7, 11) is 0. The van der Waals surface area contributed by atoms with Crippen LogP contribution < -0.4 is 11.1 Å². The Morgan fingerprint density at radius 2 is 2.07 bits per heavy atom. The van der Waals surface area contributed by atoms with Crippen molar-refractivity contribution < 1.29 is 0 Å². The van der Waals surface area contributed by atoms with E-state index in [2.05, 4.69) is 38.4 Å². The maximum absolute atomic E-state index is 5.92. The third kappa shape index (κ3) is 3.34. The van der Waals surface area contributed by atoms with E-state index in [0.29, 0.717) is 0 Å². The van der Waals surface area contributed by atoms with E-state index in [-0.39, 0.29) is 4.75 Å². The van der Waals surface area contributed by atoms with Gasteiger partial charge in [0.15, 0.2) is 0 Å². The molecule has 0 bridgehead atoms. The van der Waals surface area contributed by atoms with Crippen LogP contribution in [0.15, 0.2) is 18.2 Å². The van der Waals surface area contributed by atoms with Crippen molar-refractivity contribution in [2.45, 2.75) is 25.5 Å². The van der Waals surface area contributed by atoms with Crippen LogP contribution in [0, 0.1) is 6.92 Å². The lowest BCUT2D eigenvalue weighted by Crippen LogP contribution is -2.26. The van der Waals surface area contributed by atoms with Crippen molar-refractivity contribution >= 4 is 23.1 Å². The first-order chi connectivity index (χ1) is 6.96. The Bertz CT molecular complexity index is 314. The monoisotopic (exact) mass is 224 g/mol. The summed E-state index contributed by atoms with van der Waals surface area (Å²) in [6.07, 6.45) is 2.13. The van der Waals surface area contributed by atoms with Crippen LogP contribution in [0.2, 0.25) is 0 Å². The Balaban J connectivity index is 2.73. The van der Waals surface area contributed by atoms with Crippen molar-refractivity contribution in [3.8, 4) is 0 Å². The fraction of sp³-hybridized carbons (Fsp3) is 0.500. The Hall–Kier alpha value is -0.830. The van der Waals surface area contributed by atoms with Crippen LogP contribution in [0.1, 0.15) is 19.4 Å². The van der Waals surface area contributed by atoms with Crippen LogP contribution in [-0.4, -0.2) is 17.5 Å². The molecule has 0 heterocycles. The van der Waals surface area contributed by atoms with Gasteiger partial charge in [-0.1, -0.05) is 12.1 Å². The summed E-state index contributed by atoms with van der Waals surface area (Å²) in [6.45, 7) is 7.44. The van der Waals surface area contributed by atoms with Gasteiger partial charge in [0.1, 0.15) is 0 Å². The maximum atomic E-state index is 5.92. The second kappa shape index (κ2) is 4.79. The highest BCUT2D eigenvalue weighted by molar-refractivity contribution is 7.99. The minimum atomic E-state index is 0.231. The number of hydrogen-bond acceptors (Lipinski definition) is 3. The number of rotatable bonds is 4. The van der Waals surface area contributed by atoms with Gasteiger partial charge in [-0.25, -0.2) is 0 Å². The third-order valence-electron chi connectivity index (χ3n) is 2.55. The number of nitrogens with one attached hydrogen (secondary N) is 1. The van der Waals surface area contributed by atoms with Gasteiger partial charge in [0, 0.05) is 11.3 Å². The van der Waals surface area contributed by atoms with Crippen LogP contribution in [0.4, 0.5) is 11.4 Å². The van der Waals surface area contributed by atoms with Crippen molar-refractivity contribution in [1.82, 2.24) is 0 Å². The van der Waals surface area contributed by atoms with E-state index in [9.17, 15) is 0 Å². The van der Waals surface area contributed by atoms with Gasteiger partial charge < -0.3 is 11.1 Å². The molecule has 1 aromatic carbocycles. The molecule has 0 aliphatic heterocycles. The Morgan fingerprint density at radius 1 is 1.40 bits per heavy atom. The van der Waals surface area contributed by atoms with E-state index < -0.39 is 0 Å². The quantitative estimate of drug-likeness (QED) is 0.772. The number of nitrogens with two attached hydrogens (primary N) is 1. The summed E-state index contributed by atoms with van der Waals surface area (Å²) in [5, 5.41) is 3.43. The zero-order valence-corrected chi connectivity index (χ0v) is 10.7. The van der Waals surface area contributed by atoms with E-state index in [0.717, 1.165) is 17.9 Å². The van der Waals surface area contributed by atoms with Crippen molar-refractivity contribution in [2.75, 3.05) is 23.9 Å². The molecule has 0 atom stereocenters. The molecule has 84 valence electrons. The lowest BCUT2D eigenvalue weighted by atomic mass is 10.1. The molecule has 1 rings (SSSR count). The van der Waals surface area contributed by atoms with Gasteiger partial charge in [-0.05, 0) is 38.7 Å². The highest BCUT2D eigenvalue weighted by Crippen LogP contribution is 2.26. The zero-order chi connectivity index (χ0) is 11.5. The summed E-state index contributed by atoms with van der Waals surface area (Å²) in [6, 6.07) is 5.99. The van der Waals surface area contributed by atoms with Crippen LogP contribution in [0.5, 0.6) is 0 Å². The average Bonchev–Trinajstić information content (AvgIpc) is 2.17. The summed E-state index contributed by atoms with van der Waals surface area (Å²) in [5.74, 6) is 0. The molecule has 0 aliphatic rings. The first-order valence-electron chi connectivity index (χ1n) is 5.10. The summed E-state index contributed by atoms with van der Waals surface area (Å²) >= 11 is 1.85. The minimum absolute atomic E-state index is 0.231. The van der Waals surface area contributed by atoms with E-state index in [1.165, 1.54) is 5.56 Å². The highest BCUT2D eigenvalue weighted by atomic mass is 32.2. The molecule has 0 radical (unpaired) electrons. The number of nitrogen functional groups attached to an aromatic ring is 1. The van der Waals surface area contributed by atoms with Crippen molar-refractivity contribution in [3.05, 3.63) is 23.8 Å². The molecule has 0 saturated heterocycles. The molecule has 0 amide bonds. The third-order valence-corrected chi connectivity index (χ3v) is 3.80. The van der Waals surface area contributed by atoms with Crippen LogP contribution in [0.25, 0.3) is 0 Å². The molecule has 2 nitrogen and oxygen atoms in total. The fourth-order valence-corrected chi connectivity index (χ4v) is 1.52. The SMILES string of the molecule is CSC(C)(C)CNc1c(C)cccc1N. The van der Waals surface area contributed by atoms with Crippen LogP contribution >= 0.6 is 11.8 Å². The fourth-order valence-electron chi connectivity index (χ4n) is 1.31. The number of anilines is 2. The lowest BCUT2D eigenvalue weighted by Gasteiger charge is -2.24. The second-order valence-corrected chi connectivity index (χ2v) is 5.87. The van der Waals surface area contributed by atoms with E-state index in [4.69, 9.17) is 5.73 Å². The molecule has 3 heteroatoms. The average molecular weight is 224 g/mol. The molecule has 15 heavy (non-hydrogen) atoms. The lowest BCUT2D eigenvalue weighted by molar-refractivity contribution is 0.752. The molecule has 3 N–H and O–H groups in total. The van der Waals surface area contributed by atoms with E-state index in [1.54, 1.807) is 0 Å². The van der Waals surface area contributed by atoms with Gasteiger partial charge in [0.2, 0.25) is 0 Å². The minimum Gasteiger partial charge on any atom is -0.397 e. The van der Waals surface area contributed by atoms with Gasteiger partial charge in [0.05, 0.1) is 11.4 Å². The molecule has 0 saturated carbocycles. The molecule has 1 aromatic rings. The molecule has 0 spiro atoms. The number of hydrogen-bond donors (Lipinski definition) is 2. The molecular formula is C12H20N2S. The highest BCUT2D eigenvalue weighted by Gasteiger charge is 2.16. The number of para-hydroxylation sites is 1. The number of aryl methyl sites for hydroxylation is 1. The predicted molar refractivity (Wildman–Crippen MR) is 71.7 cm³/mol. The normalized spacial score (nSPS) is 11.5. The predicted octanol–water partition coefficient (Wildman–Crippen LogP) is 3.13. The van der Waals surface area contributed by atoms with Crippen molar-refractivity contribution in [3.63, 3.8) is 0 Å². The first-order valence-corrected chi connectivity index (χ1v) is 6.33. The van der Waals surface area contributed by atoms with Gasteiger partial charge >= 0.3 is 0 Å². The Kier molecular flexibility index (Phi) is 3.91.